The summed E-state index contributed by atoms with van der Waals surface area (Å²) in [4.78, 5) is 7.85. The van der Waals surface area contributed by atoms with Crippen molar-refractivity contribution in [2.24, 2.45) is 5.92 Å². The summed E-state index contributed by atoms with van der Waals surface area (Å²) in [5.41, 5.74) is 0. The first-order chi connectivity index (χ1) is 9.78. The molecule has 4 heteroatoms. The standard InChI is InChI=1S/C16H33N3O/c1-3-16(2)15-19-10-8-18(9-11-19)7-6-17-5-4-13-20-14-12-17/h16H,3-15H2,1-2H3/t16-/m0/s1. The average molecular weight is 283 g/mol. The summed E-state index contributed by atoms with van der Waals surface area (Å²) in [7, 11) is 0. The molecule has 0 aliphatic carbocycles. The van der Waals surface area contributed by atoms with Crippen molar-refractivity contribution in [3.8, 4) is 0 Å². The summed E-state index contributed by atoms with van der Waals surface area (Å²) in [6.07, 6.45) is 2.50. The number of hydrogen-bond acceptors (Lipinski definition) is 4. The molecule has 20 heavy (non-hydrogen) atoms. The molecule has 0 amide bonds. The molecule has 2 fully saturated rings. The highest BCUT2D eigenvalue weighted by Crippen LogP contribution is 2.08. The highest BCUT2D eigenvalue weighted by Gasteiger charge is 2.18. The maximum absolute atomic E-state index is 5.52. The van der Waals surface area contributed by atoms with Crippen LogP contribution in [0.15, 0.2) is 0 Å². The Morgan fingerprint density at radius 1 is 0.850 bits per heavy atom. The number of piperazine rings is 1. The zero-order valence-corrected chi connectivity index (χ0v) is 13.5. The van der Waals surface area contributed by atoms with E-state index in [1.54, 1.807) is 0 Å². The minimum atomic E-state index is 0.846. The fourth-order valence-electron chi connectivity index (χ4n) is 3.07. The largest absolute Gasteiger partial charge is 0.380 e. The van der Waals surface area contributed by atoms with Gasteiger partial charge in [0.1, 0.15) is 0 Å². The van der Waals surface area contributed by atoms with Gasteiger partial charge in [0.25, 0.3) is 0 Å². The van der Waals surface area contributed by atoms with E-state index in [1.165, 1.54) is 65.2 Å². The highest BCUT2D eigenvalue weighted by molar-refractivity contribution is 4.74. The van der Waals surface area contributed by atoms with E-state index in [4.69, 9.17) is 4.74 Å². The number of nitrogens with zero attached hydrogens (tertiary/aromatic N) is 3. The molecule has 0 radical (unpaired) electrons. The molecule has 2 aliphatic heterocycles. The van der Waals surface area contributed by atoms with Gasteiger partial charge in [-0.25, -0.2) is 0 Å². The molecule has 0 bridgehead atoms. The van der Waals surface area contributed by atoms with Gasteiger partial charge < -0.3 is 9.64 Å². The number of ether oxygens (including phenoxy) is 1. The van der Waals surface area contributed by atoms with Gasteiger partial charge in [-0.1, -0.05) is 20.3 Å². The van der Waals surface area contributed by atoms with Crippen molar-refractivity contribution in [1.29, 1.82) is 0 Å². The Bertz CT molecular complexity index is 246. The summed E-state index contributed by atoms with van der Waals surface area (Å²) in [5, 5.41) is 0. The summed E-state index contributed by atoms with van der Waals surface area (Å²) in [6.45, 7) is 17.6. The molecule has 0 unspecified atom stereocenters. The van der Waals surface area contributed by atoms with Gasteiger partial charge in [-0.2, -0.15) is 0 Å². The smallest absolute Gasteiger partial charge is 0.0593 e. The van der Waals surface area contributed by atoms with Crippen LogP contribution in [0, 0.1) is 5.92 Å². The maximum atomic E-state index is 5.52. The monoisotopic (exact) mass is 283 g/mol. The third kappa shape index (κ3) is 5.68. The quantitative estimate of drug-likeness (QED) is 0.733. The lowest BCUT2D eigenvalue weighted by Gasteiger charge is -2.36. The Kier molecular flexibility index (Phi) is 7.28. The van der Waals surface area contributed by atoms with Gasteiger partial charge in [-0.3, -0.25) is 9.80 Å². The Morgan fingerprint density at radius 3 is 2.20 bits per heavy atom. The molecule has 4 nitrogen and oxygen atoms in total. The van der Waals surface area contributed by atoms with Crippen molar-refractivity contribution in [2.75, 3.05) is 72.1 Å². The summed E-state index contributed by atoms with van der Waals surface area (Å²) >= 11 is 0. The van der Waals surface area contributed by atoms with Crippen molar-refractivity contribution in [3.05, 3.63) is 0 Å². The van der Waals surface area contributed by atoms with Crippen LogP contribution >= 0.6 is 0 Å². The normalized spacial score (nSPS) is 25.5. The molecule has 0 N–H and O–H groups in total. The van der Waals surface area contributed by atoms with Crippen molar-refractivity contribution < 1.29 is 4.74 Å². The molecule has 2 saturated heterocycles. The second-order valence-electron chi connectivity index (χ2n) is 6.46. The molecule has 2 rings (SSSR count). The van der Waals surface area contributed by atoms with Crippen LogP contribution in [0.1, 0.15) is 26.7 Å². The molecule has 2 aliphatic rings. The summed E-state index contributed by atoms with van der Waals surface area (Å²) in [5.74, 6) is 0.846. The van der Waals surface area contributed by atoms with Crippen LogP contribution in [-0.2, 0) is 4.74 Å². The number of hydrogen-bond donors (Lipinski definition) is 0. The highest BCUT2D eigenvalue weighted by atomic mass is 16.5. The van der Waals surface area contributed by atoms with Crippen molar-refractivity contribution in [1.82, 2.24) is 14.7 Å². The van der Waals surface area contributed by atoms with Crippen molar-refractivity contribution in [3.63, 3.8) is 0 Å². The minimum Gasteiger partial charge on any atom is -0.380 e. The zero-order chi connectivity index (χ0) is 14.2. The molecule has 118 valence electrons. The molecular weight excluding hydrogens is 250 g/mol. The van der Waals surface area contributed by atoms with E-state index in [9.17, 15) is 0 Å². The third-order valence-electron chi connectivity index (χ3n) is 4.78. The Labute approximate surface area is 125 Å². The molecule has 0 aromatic rings. The predicted molar refractivity (Wildman–Crippen MR) is 84.2 cm³/mol. The van der Waals surface area contributed by atoms with Gasteiger partial charge in [0.05, 0.1) is 6.61 Å². The maximum Gasteiger partial charge on any atom is 0.0593 e. The lowest BCUT2D eigenvalue weighted by molar-refractivity contribution is 0.105. The molecular formula is C16H33N3O. The first kappa shape index (κ1) is 16.2. The average Bonchev–Trinajstić information content (AvgIpc) is 2.75. The van der Waals surface area contributed by atoms with Gasteiger partial charge in [0.2, 0.25) is 0 Å². The van der Waals surface area contributed by atoms with E-state index in [2.05, 4.69) is 28.5 Å². The van der Waals surface area contributed by atoms with E-state index in [-0.39, 0.29) is 0 Å². The van der Waals surface area contributed by atoms with Crippen molar-refractivity contribution in [2.45, 2.75) is 26.7 Å². The van der Waals surface area contributed by atoms with E-state index >= 15 is 0 Å². The zero-order valence-electron chi connectivity index (χ0n) is 13.5. The van der Waals surface area contributed by atoms with Crippen LogP contribution in [-0.4, -0.2) is 86.8 Å². The second-order valence-corrected chi connectivity index (χ2v) is 6.46. The van der Waals surface area contributed by atoms with Crippen LogP contribution in [0.2, 0.25) is 0 Å². The topological polar surface area (TPSA) is 19.0 Å². The molecule has 1 atom stereocenters. The predicted octanol–water partition coefficient (Wildman–Crippen LogP) is 1.37. The van der Waals surface area contributed by atoms with E-state index in [0.29, 0.717) is 0 Å². The second kappa shape index (κ2) is 8.98. The Morgan fingerprint density at radius 2 is 1.50 bits per heavy atom. The molecule has 2 heterocycles. The first-order valence-corrected chi connectivity index (χ1v) is 8.52. The SMILES string of the molecule is CC[C@H](C)CN1CCN(CCN2CCCOCC2)CC1. The van der Waals surface area contributed by atoms with Gasteiger partial charge in [-0.05, 0) is 12.3 Å². The summed E-state index contributed by atoms with van der Waals surface area (Å²) < 4.78 is 5.52. The molecule has 0 aromatic heterocycles. The molecule has 0 saturated carbocycles. The van der Waals surface area contributed by atoms with Crippen LogP contribution in [0.3, 0.4) is 0 Å². The first-order valence-electron chi connectivity index (χ1n) is 8.52. The van der Waals surface area contributed by atoms with Crippen LogP contribution in [0.25, 0.3) is 0 Å². The third-order valence-corrected chi connectivity index (χ3v) is 4.78. The lowest BCUT2D eigenvalue weighted by atomic mass is 10.1. The van der Waals surface area contributed by atoms with Gasteiger partial charge in [0, 0.05) is 65.5 Å². The van der Waals surface area contributed by atoms with E-state index < -0.39 is 0 Å². The number of rotatable bonds is 6. The van der Waals surface area contributed by atoms with Gasteiger partial charge >= 0.3 is 0 Å². The summed E-state index contributed by atoms with van der Waals surface area (Å²) in [6, 6.07) is 0. The van der Waals surface area contributed by atoms with Crippen LogP contribution < -0.4 is 0 Å². The van der Waals surface area contributed by atoms with E-state index in [1.807, 2.05) is 0 Å². The fraction of sp³-hybridized carbons (Fsp3) is 1.00. The molecule has 0 aromatic carbocycles. The Balaban J connectivity index is 1.59. The minimum absolute atomic E-state index is 0.846. The lowest BCUT2D eigenvalue weighted by Crippen LogP contribution is -2.49. The van der Waals surface area contributed by atoms with E-state index in [0.717, 1.165) is 25.7 Å². The van der Waals surface area contributed by atoms with Crippen molar-refractivity contribution >= 4 is 0 Å². The molecule has 0 spiro atoms. The Hall–Kier alpha value is -0.160. The van der Waals surface area contributed by atoms with Crippen LogP contribution in [0.5, 0.6) is 0 Å². The fourth-order valence-corrected chi connectivity index (χ4v) is 3.07. The van der Waals surface area contributed by atoms with Gasteiger partial charge in [0.15, 0.2) is 0 Å². The van der Waals surface area contributed by atoms with Gasteiger partial charge in [-0.15, -0.1) is 0 Å². The van der Waals surface area contributed by atoms with Crippen LogP contribution in [0.4, 0.5) is 0 Å².